The molecule has 0 radical (unpaired) electrons. The summed E-state index contributed by atoms with van der Waals surface area (Å²) in [6.45, 7) is 5.51. The monoisotopic (exact) mass is 440 g/mol. The summed E-state index contributed by atoms with van der Waals surface area (Å²) in [4.78, 5) is 25.5. The van der Waals surface area contributed by atoms with Crippen molar-refractivity contribution in [1.82, 2.24) is 0 Å². The van der Waals surface area contributed by atoms with Crippen molar-refractivity contribution in [2.24, 2.45) is 0 Å². The van der Waals surface area contributed by atoms with Crippen molar-refractivity contribution in [3.8, 4) is 11.5 Å². The van der Waals surface area contributed by atoms with E-state index in [1.165, 1.54) is 20.1 Å². The molecule has 0 bridgehead atoms. The molecule has 2 aromatic carbocycles. The van der Waals surface area contributed by atoms with Gasteiger partial charge in [-0.2, -0.15) is 0 Å². The summed E-state index contributed by atoms with van der Waals surface area (Å²) in [5.74, 6) is -3.49. The van der Waals surface area contributed by atoms with E-state index in [2.05, 4.69) is 6.58 Å². The van der Waals surface area contributed by atoms with Gasteiger partial charge in [0.15, 0.2) is 0 Å². The van der Waals surface area contributed by atoms with E-state index in [0.717, 1.165) is 5.75 Å². The van der Waals surface area contributed by atoms with Crippen LogP contribution in [-0.2, 0) is 19.1 Å². The Morgan fingerprint density at radius 3 is 2.44 bits per heavy atom. The molecule has 0 aliphatic carbocycles. The van der Waals surface area contributed by atoms with Crippen molar-refractivity contribution < 1.29 is 33.6 Å². The van der Waals surface area contributed by atoms with E-state index in [1.807, 2.05) is 30.3 Å². The number of para-hydroxylation sites is 2. The molecule has 3 rings (SSSR count). The molecule has 0 amide bonds. The first-order chi connectivity index (χ1) is 15.4. The summed E-state index contributed by atoms with van der Waals surface area (Å²) < 4.78 is 23.6. The van der Waals surface area contributed by atoms with E-state index in [9.17, 15) is 14.7 Å². The molecule has 0 spiro atoms. The van der Waals surface area contributed by atoms with Gasteiger partial charge in [0.05, 0.1) is 13.2 Å². The number of hydrogen-bond acceptors (Lipinski definition) is 6. The normalized spacial score (nSPS) is 24.1. The van der Waals surface area contributed by atoms with Gasteiger partial charge in [-0.15, -0.1) is 6.58 Å². The summed E-state index contributed by atoms with van der Waals surface area (Å²) in [5, 5.41) is 10.3. The lowest BCUT2D eigenvalue weighted by atomic mass is 9.72. The molecule has 3 atom stereocenters. The van der Waals surface area contributed by atoms with Crippen molar-refractivity contribution in [2.75, 3.05) is 20.3 Å². The SMILES string of the molecule is C=CCC1(C(=O)O)Oc2ccccc2C(C(C)=O)C1(OC)OCCCOc1ccccc1. The number of ketones is 1. The number of carbonyl (C=O) groups is 2. The predicted molar refractivity (Wildman–Crippen MR) is 118 cm³/mol. The molecule has 1 N–H and O–H groups in total. The number of methoxy groups -OCH3 is 1. The lowest BCUT2D eigenvalue weighted by molar-refractivity contribution is -0.312. The minimum atomic E-state index is -2.01. The Morgan fingerprint density at radius 2 is 1.81 bits per heavy atom. The van der Waals surface area contributed by atoms with Gasteiger partial charge >= 0.3 is 5.97 Å². The highest BCUT2D eigenvalue weighted by Gasteiger charge is 2.69. The third kappa shape index (κ3) is 4.13. The smallest absolute Gasteiger partial charge is 0.354 e. The summed E-state index contributed by atoms with van der Waals surface area (Å²) in [7, 11) is 1.33. The molecule has 0 fully saturated rings. The molecule has 3 unspecified atom stereocenters. The van der Waals surface area contributed by atoms with Gasteiger partial charge in [-0.3, -0.25) is 4.79 Å². The van der Waals surface area contributed by atoms with Crippen molar-refractivity contribution in [2.45, 2.75) is 37.1 Å². The highest BCUT2D eigenvalue weighted by atomic mass is 16.7. The number of Topliss-reactive ketones (excluding diaryl/α,β-unsaturated/α-hetero) is 1. The molecular formula is C25H28O7. The van der Waals surface area contributed by atoms with Crippen LogP contribution in [0.4, 0.5) is 0 Å². The molecule has 0 saturated heterocycles. The average Bonchev–Trinajstić information content (AvgIpc) is 2.79. The molecule has 170 valence electrons. The first kappa shape index (κ1) is 23.5. The minimum absolute atomic E-state index is 0.0855. The van der Waals surface area contributed by atoms with Crippen LogP contribution in [0.15, 0.2) is 67.3 Å². The minimum Gasteiger partial charge on any atom is -0.494 e. The van der Waals surface area contributed by atoms with Gasteiger partial charge in [0.1, 0.15) is 23.2 Å². The number of aliphatic carboxylic acids is 1. The number of carboxylic acids is 1. The van der Waals surface area contributed by atoms with E-state index in [0.29, 0.717) is 24.3 Å². The lowest BCUT2D eigenvalue weighted by Gasteiger charge is -2.52. The number of hydrogen-bond donors (Lipinski definition) is 1. The Hall–Kier alpha value is -3.16. The Bertz CT molecular complexity index is 958. The van der Waals surface area contributed by atoms with E-state index >= 15 is 0 Å². The summed E-state index contributed by atoms with van der Waals surface area (Å²) in [6.07, 6.45) is 1.74. The summed E-state index contributed by atoms with van der Waals surface area (Å²) in [5.41, 5.74) is -1.49. The second kappa shape index (κ2) is 9.97. The van der Waals surface area contributed by atoms with Crippen LogP contribution in [0.1, 0.15) is 31.2 Å². The maximum atomic E-state index is 12.9. The number of rotatable bonds is 11. The molecule has 2 aromatic rings. The fourth-order valence-electron chi connectivity index (χ4n) is 4.19. The second-order valence-corrected chi connectivity index (χ2v) is 7.54. The largest absolute Gasteiger partial charge is 0.494 e. The fourth-order valence-corrected chi connectivity index (χ4v) is 4.19. The van der Waals surface area contributed by atoms with Gasteiger partial charge in [-0.05, 0) is 25.1 Å². The molecular weight excluding hydrogens is 412 g/mol. The van der Waals surface area contributed by atoms with Crippen LogP contribution in [0.2, 0.25) is 0 Å². The second-order valence-electron chi connectivity index (χ2n) is 7.54. The zero-order chi connectivity index (χ0) is 23.2. The predicted octanol–water partition coefficient (Wildman–Crippen LogP) is 3.98. The van der Waals surface area contributed by atoms with Crippen LogP contribution in [-0.4, -0.2) is 48.6 Å². The number of carboxylic acid groups (broad SMARTS) is 1. The third-order valence-corrected chi connectivity index (χ3v) is 5.56. The number of benzene rings is 2. The van der Waals surface area contributed by atoms with Crippen LogP contribution in [0, 0.1) is 0 Å². The van der Waals surface area contributed by atoms with Gasteiger partial charge in [0.25, 0.3) is 5.60 Å². The maximum absolute atomic E-state index is 12.9. The molecule has 1 aliphatic rings. The first-order valence-electron chi connectivity index (χ1n) is 10.4. The number of carbonyl (C=O) groups excluding carboxylic acids is 1. The van der Waals surface area contributed by atoms with Gasteiger partial charge < -0.3 is 24.1 Å². The zero-order valence-corrected chi connectivity index (χ0v) is 18.3. The van der Waals surface area contributed by atoms with Crippen molar-refractivity contribution >= 4 is 11.8 Å². The van der Waals surface area contributed by atoms with Crippen LogP contribution >= 0.6 is 0 Å². The van der Waals surface area contributed by atoms with Crippen molar-refractivity contribution in [1.29, 1.82) is 0 Å². The van der Waals surface area contributed by atoms with Crippen molar-refractivity contribution in [3.63, 3.8) is 0 Å². The topological polar surface area (TPSA) is 91.3 Å². The molecule has 0 aromatic heterocycles. The van der Waals surface area contributed by atoms with E-state index < -0.39 is 23.3 Å². The highest BCUT2D eigenvalue weighted by molar-refractivity contribution is 5.90. The number of ether oxygens (including phenoxy) is 4. The Kier molecular flexibility index (Phi) is 7.33. The van der Waals surface area contributed by atoms with Gasteiger partial charge in [0.2, 0.25) is 5.79 Å². The molecule has 7 heteroatoms. The van der Waals surface area contributed by atoms with E-state index in [-0.39, 0.29) is 18.8 Å². The average molecular weight is 440 g/mol. The van der Waals surface area contributed by atoms with Crippen LogP contribution < -0.4 is 9.47 Å². The quantitative estimate of drug-likeness (QED) is 0.321. The standard InChI is InChI=1S/C25H28O7/c1-4-15-24(23(27)28)25(29-3,31-17-10-16-30-19-11-6-5-7-12-19)22(18(2)26)20-13-8-9-14-21(20)32-24/h4-9,11-14,22H,1,10,15-17H2,2-3H3,(H,27,28). The van der Waals surface area contributed by atoms with Crippen LogP contribution in [0.25, 0.3) is 0 Å². The zero-order valence-electron chi connectivity index (χ0n) is 18.3. The first-order valence-corrected chi connectivity index (χ1v) is 10.4. The van der Waals surface area contributed by atoms with Crippen LogP contribution in [0.3, 0.4) is 0 Å². The summed E-state index contributed by atoms with van der Waals surface area (Å²) in [6, 6.07) is 16.2. The number of fused-ring (bicyclic) bond motifs is 1. The van der Waals surface area contributed by atoms with Gasteiger partial charge in [0, 0.05) is 25.5 Å². The molecule has 1 heterocycles. The Labute approximate surface area is 187 Å². The molecule has 32 heavy (non-hydrogen) atoms. The highest BCUT2D eigenvalue weighted by Crippen LogP contribution is 2.52. The van der Waals surface area contributed by atoms with E-state index in [1.54, 1.807) is 24.3 Å². The molecule has 1 aliphatic heterocycles. The molecule has 0 saturated carbocycles. The fraction of sp³-hybridized carbons (Fsp3) is 0.360. The third-order valence-electron chi connectivity index (χ3n) is 5.56. The Morgan fingerprint density at radius 1 is 1.12 bits per heavy atom. The summed E-state index contributed by atoms with van der Waals surface area (Å²) >= 11 is 0. The van der Waals surface area contributed by atoms with Gasteiger partial charge in [-0.25, -0.2) is 4.79 Å². The van der Waals surface area contributed by atoms with Crippen LogP contribution in [0.5, 0.6) is 11.5 Å². The maximum Gasteiger partial charge on any atom is 0.354 e. The molecule has 7 nitrogen and oxygen atoms in total. The van der Waals surface area contributed by atoms with Crippen molar-refractivity contribution in [3.05, 3.63) is 72.8 Å². The van der Waals surface area contributed by atoms with E-state index in [4.69, 9.17) is 18.9 Å². The lowest BCUT2D eigenvalue weighted by Crippen LogP contribution is -2.70. The Balaban J connectivity index is 1.94. The van der Waals surface area contributed by atoms with Gasteiger partial charge in [-0.1, -0.05) is 42.5 Å².